The van der Waals surface area contributed by atoms with E-state index in [1.54, 1.807) is 6.07 Å². The van der Waals surface area contributed by atoms with Crippen molar-refractivity contribution >= 4 is 0 Å². The minimum Gasteiger partial charge on any atom is -0.507 e. The van der Waals surface area contributed by atoms with Gasteiger partial charge in [-0.05, 0) is 35.9 Å². The van der Waals surface area contributed by atoms with E-state index in [9.17, 15) is 5.11 Å². The van der Waals surface area contributed by atoms with Crippen LogP contribution in [-0.2, 0) is 0 Å². The summed E-state index contributed by atoms with van der Waals surface area (Å²) in [7, 11) is 0. The maximum Gasteiger partial charge on any atom is 0.296 e. The summed E-state index contributed by atoms with van der Waals surface area (Å²) >= 11 is 1.98. The largest absolute Gasteiger partial charge is 0.507 e. The smallest absolute Gasteiger partial charge is 0.296 e. The Hall–Kier alpha value is -1.03. The van der Waals surface area contributed by atoms with Gasteiger partial charge in [0.05, 0.1) is 0 Å². The fraction of sp³-hybridized carbons (Fsp3) is 0. The highest BCUT2D eigenvalue weighted by Gasteiger charge is 2.03. The fourth-order valence-electron chi connectivity index (χ4n) is 1.35. The topological polar surface area (TPSA) is 20.2 Å². The maximum atomic E-state index is 9.63. The van der Waals surface area contributed by atoms with Gasteiger partial charge in [0.1, 0.15) is 5.75 Å². The van der Waals surface area contributed by atoms with E-state index >= 15 is 0 Å². The SMILES string of the molecule is Oc1ccccc1-c1ccc([IH+])cc1. The molecule has 0 aliphatic carbocycles. The summed E-state index contributed by atoms with van der Waals surface area (Å²) in [4.78, 5) is 0. The van der Waals surface area contributed by atoms with Crippen molar-refractivity contribution in [3.63, 3.8) is 0 Å². The first kappa shape index (κ1) is 9.52. The van der Waals surface area contributed by atoms with Crippen LogP contribution in [0.2, 0.25) is 0 Å². The van der Waals surface area contributed by atoms with Crippen LogP contribution in [0.5, 0.6) is 5.75 Å². The Bertz CT molecular complexity index is 434. The Morgan fingerprint density at radius 1 is 0.857 bits per heavy atom. The molecule has 0 aromatic heterocycles. The Morgan fingerprint density at radius 3 is 2.14 bits per heavy atom. The van der Waals surface area contributed by atoms with Gasteiger partial charge >= 0.3 is 0 Å². The number of hydrogen-bond acceptors (Lipinski definition) is 1. The lowest BCUT2D eigenvalue weighted by molar-refractivity contribution is -0.328. The number of rotatable bonds is 1. The number of phenols is 1. The summed E-state index contributed by atoms with van der Waals surface area (Å²) < 4.78 is 1.24. The maximum absolute atomic E-state index is 9.63. The van der Waals surface area contributed by atoms with Crippen molar-refractivity contribution in [2.24, 2.45) is 0 Å². The van der Waals surface area contributed by atoms with Gasteiger partial charge in [-0.3, -0.25) is 0 Å². The predicted molar refractivity (Wildman–Crippen MR) is 53.6 cm³/mol. The Labute approximate surface area is 96.5 Å². The first-order valence-electron chi connectivity index (χ1n) is 4.33. The Balaban J connectivity index is 2.50. The molecular formula is C12H10IO+. The van der Waals surface area contributed by atoms with E-state index in [1.165, 1.54) is 3.57 Å². The lowest BCUT2D eigenvalue weighted by Crippen LogP contribution is -3.34. The number of para-hydroxylation sites is 1. The van der Waals surface area contributed by atoms with Gasteiger partial charge in [-0.15, -0.1) is 0 Å². The van der Waals surface area contributed by atoms with Crippen molar-refractivity contribution in [3.05, 3.63) is 52.1 Å². The van der Waals surface area contributed by atoms with E-state index in [4.69, 9.17) is 0 Å². The zero-order chi connectivity index (χ0) is 9.97. The molecule has 0 fully saturated rings. The van der Waals surface area contributed by atoms with Crippen LogP contribution in [-0.4, -0.2) is 5.11 Å². The van der Waals surface area contributed by atoms with Gasteiger partial charge in [0.15, 0.2) is 3.57 Å². The van der Waals surface area contributed by atoms with E-state index < -0.39 is 0 Å². The molecule has 0 heterocycles. The minimum atomic E-state index is 0.331. The monoisotopic (exact) mass is 297 g/mol. The molecule has 1 nitrogen and oxygen atoms in total. The van der Waals surface area contributed by atoms with Gasteiger partial charge in [-0.1, -0.05) is 18.2 Å². The van der Waals surface area contributed by atoms with Gasteiger partial charge in [0.25, 0.3) is 22.6 Å². The summed E-state index contributed by atoms with van der Waals surface area (Å²) in [5.74, 6) is 0.331. The second-order valence-corrected chi connectivity index (χ2v) is 4.39. The predicted octanol–water partition coefficient (Wildman–Crippen LogP) is -0.486. The number of phenolic OH excluding ortho intramolecular Hbond substituents is 1. The Morgan fingerprint density at radius 2 is 1.50 bits per heavy atom. The second kappa shape index (κ2) is 4.00. The molecule has 2 aromatic rings. The molecular weight excluding hydrogens is 287 g/mol. The van der Waals surface area contributed by atoms with Crippen molar-refractivity contribution in [2.45, 2.75) is 0 Å². The van der Waals surface area contributed by atoms with Crippen LogP contribution in [0, 0.1) is 3.57 Å². The molecule has 0 radical (unpaired) electrons. The van der Waals surface area contributed by atoms with Crippen LogP contribution in [0.3, 0.4) is 0 Å². The molecule has 14 heavy (non-hydrogen) atoms. The highest BCUT2D eigenvalue weighted by Crippen LogP contribution is 2.27. The average molecular weight is 297 g/mol. The zero-order valence-corrected chi connectivity index (χ0v) is 9.80. The highest BCUT2D eigenvalue weighted by atomic mass is 127. The number of benzene rings is 2. The molecule has 0 saturated heterocycles. The molecule has 0 aliphatic rings. The molecule has 0 amide bonds. The summed E-state index contributed by atoms with van der Waals surface area (Å²) in [5.41, 5.74) is 1.93. The van der Waals surface area contributed by atoms with Crippen LogP contribution >= 0.6 is 0 Å². The van der Waals surface area contributed by atoms with Gasteiger partial charge in [-0.25, -0.2) is 0 Å². The van der Waals surface area contributed by atoms with Crippen molar-refractivity contribution in [1.82, 2.24) is 0 Å². The fourth-order valence-corrected chi connectivity index (χ4v) is 1.74. The molecule has 0 saturated carbocycles. The summed E-state index contributed by atoms with van der Waals surface area (Å²) in [6, 6.07) is 15.5. The molecule has 2 heteroatoms. The Kier molecular flexibility index (Phi) is 2.72. The van der Waals surface area contributed by atoms with Crippen molar-refractivity contribution < 1.29 is 27.7 Å². The lowest BCUT2D eigenvalue weighted by Gasteiger charge is -2.02. The third kappa shape index (κ3) is 1.90. The second-order valence-electron chi connectivity index (χ2n) is 3.04. The van der Waals surface area contributed by atoms with E-state index in [0.29, 0.717) is 5.75 Å². The van der Waals surface area contributed by atoms with Gasteiger partial charge in [0, 0.05) is 5.56 Å². The van der Waals surface area contributed by atoms with E-state index in [2.05, 4.69) is 0 Å². The standard InChI is InChI=1S/C12H9IO/c13-10-7-5-9(6-8-10)11-3-1-2-4-12(11)14/h1-8,13H/p+1. The minimum absolute atomic E-state index is 0.331. The van der Waals surface area contributed by atoms with Crippen LogP contribution in [0.25, 0.3) is 11.1 Å². The number of aromatic hydroxyl groups is 1. The first-order chi connectivity index (χ1) is 6.77. The number of halogens is 1. The van der Waals surface area contributed by atoms with Crippen LogP contribution in [0.15, 0.2) is 48.5 Å². The third-order valence-electron chi connectivity index (χ3n) is 2.07. The molecule has 0 bridgehead atoms. The third-order valence-corrected chi connectivity index (χ3v) is 2.85. The lowest BCUT2D eigenvalue weighted by atomic mass is 10.1. The van der Waals surface area contributed by atoms with Crippen LogP contribution in [0.1, 0.15) is 0 Å². The molecule has 0 aliphatic heterocycles. The van der Waals surface area contributed by atoms with E-state index in [-0.39, 0.29) is 0 Å². The van der Waals surface area contributed by atoms with Gasteiger partial charge in [0.2, 0.25) is 0 Å². The van der Waals surface area contributed by atoms with E-state index in [0.717, 1.165) is 11.1 Å². The van der Waals surface area contributed by atoms with Gasteiger partial charge in [-0.2, -0.15) is 0 Å². The highest BCUT2D eigenvalue weighted by molar-refractivity contribution is 5.69. The molecule has 2 aromatic carbocycles. The van der Waals surface area contributed by atoms with Crippen molar-refractivity contribution in [1.29, 1.82) is 0 Å². The van der Waals surface area contributed by atoms with Crippen LogP contribution < -0.4 is 22.6 Å². The molecule has 0 unspecified atom stereocenters. The van der Waals surface area contributed by atoms with Crippen molar-refractivity contribution in [2.75, 3.05) is 0 Å². The summed E-state index contributed by atoms with van der Waals surface area (Å²) in [6.07, 6.45) is 0. The van der Waals surface area contributed by atoms with Crippen LogP contribution in [0.4, 0.5) is 0 Å². The summed E-state index contributed by atoms with van der Waals surface area (Å²) in [6.45, 7) is 0. The normalized spacial score (nSPS) is 10.1. The quantitative estimate of drug-likeness (QED) is 0.705. The van der Waals surface area contributed by atoms with Gasteiger partial charge < -0.3 is 5.11 Å². The number of hydrogen-bond donors (Lipinski definition) is 1. The molecule has 70 valence electrons. The van der Waals surface area contributed by atoms with E-state index in [1.807, 2.05) is 65.1 Å². The summed E-state index contributed by atoms with van der Waals surface area (Å²) in [5, 5.41) is 9.63. The molecule has 2 rings (SSSR count). The first-order valence-corrected chi connectivity index (χ1v) is 5.49. The van der Waals surface area contributed by atoms with Crippen molar-refractivity contribution in [3.8, 4) is 16.9 Å². The molecule has 1 N–H and O–H groups in total. The average Bonchev–Trinajstić information content (AvgIpc) is 2.20. The zero-order valence-electron chi connectivity index (χ0n) is 7.47. The molecule has 0 atom stereocenters. The molecule has 0 spiro atoms.